The lowest BCUT2D eigenvalue weighted by Gasteiger charge is -2.11. The van der Waals surface area contributed by atoms with Crippen molar-refractivity contribution >= 4 is 22.7 Å². The van der Waals surface area contributed by atoms with Gasteiger partial charge in [-0.2, -0.15) is 0 Å². The minimum Gasteiger partial charge on any atom is -0.496 e. The molecular formula is C14H17N3O. The number of methoxy groups -OCH3 is 1. The van der Waals surface area contributed by atoms with E-state index in [1.807, 2.05) is 37.3 Å². The Bertz CT molecular complexity index is 567. The number of hydrogen-bond donors (Lipinski definition) is 3. The summed E-state index contributed by atoms with van der Waals surface area (Å²) in [5.74, 6) is 0.873. The molecule has 0 saturated heterocycles. The fraction of sp³-hybridized carbons (Fsp3) is 0.143. The van der Waals surface area contributed by atoms with Crippen LogP contribution < -0.4 is 21.5 Å². The first kappa shape index (κ1) is 12.1. The van der Waals surface area contributed by atoms with Gasteiger partial charge in [-0.05, 0) is 48.9 Å². The first-order valence-corrected chi connectivity index (χ1v) is 5.67. The zero-order chi connectivity index (χ0) is 13.1. The summed E-state index contributed by atoms with van der Waals surface area (Å²) >= 11 is 0. The van der Waals surface area contributed by atoms with Gasteiger partial charge in [0, 0.05) is 11.4 Å². The molecule has 0 bridgehead atoms. The number of nitrogens with one attached hydrogen (secondary N) is 1. The number of nitrogen functional groups attached to an aromatic ring is 2. The third kappa shape index (κ3) is 2.48. The zero-order valence-electron chi connectivity index (χ0n) is 10.5. The monoisotopic (exact) mass is 243 g/mol. The van der Waals surface area contributed by atoms with Crippen LogP contribution in [0.15, 0.2) is 36.4 Å². The van der Waals surface area contributed by atoms with Crippen molar-refractivity contribution in [3.05, 3.63) is 42.0 Å². The van der Waals surface area contributed by atoms with E-state index in [2.05, 4.69) is 5.32 Å². The lowest BCUT2D eigenvalue weighted by Crippen LogP contribution is -1.97. The molecule has 0 radical (unpaired) electrons. The van der Waals surface area contributed by atoms with Gasteiger partial charge in [0.1, 0.15) is 5.75 Å². The molecule has 2 aromatic carbocycles. The van der Waals surface area contributed by atoms with E-state index in [1.165, 1.54) is 0 Å². The molecule has 0 aromatic heterocycles. The average Bonchev–Trinajstić information content (AvgIpc) is 2.34. The summed E-state index contributed by atoms with van der Waals surface area (Å²) in [6.07, 6.45) is 0. The average molecular weight is 243 g/mol. The summed E-state index contributed by atoms with van der Waals surface area (Å²) in [5, 5.41) is 3.27. The van der Waals surface area contributed by atoms with E-state index in [0.29, 0.717) is 11.4 Å². The van der Waals surface area contributed by atoms with Gasteiger partial charge in [-0.25, -0.2) is 0 Å². The Morgan fingerprint density at radius 3 is 2.22 bits per heavy atom. The van der Waals surface area contributed by atoms with Crippen molar-refractivity contribution in [1.29, 1.82) is 0 Å². The summed E-state index contributed by atoms with van der Waals surface area (Å²) in [5.41, 5.74) is 15.6. The smallest absolute Gasteiger partial charge is 0.121 e. The Labute approximate surface area is 107 Å². The Morgan fingerprint density at radius 1 is 0.944 bits per heavy atom. The highest BCUT2D eigenvalue weighted by Crippen LogP contribution is 2.26. The van der Waals surface area contributed by atoms with E-state index in [4.69, 9.17) is 16.2 Å². The van der Waals surface area contributed by atoms with Crippen molar-refractivity contribution in [3.63, 3.8) is 0 Å². The number of benzene rings is 2. The van der Waals surface area contributed by atoms with Gasteiger partial charge in [-0.15, -0.1) is 0 Å². The molecule has 18 heavy (non-hydrogen) atoms. The van der Waals surface area contributed by atoms with Gasteiger partial charge >= 0.3 is 0 Å². The number of aryl methyl sites for hydroxylation is 1. The first-order chi connectivity index (χ1) is 8.60. The van der Waals surface area contributed by atoms with Gasteiger partial charge in [0.05, 0.1) is 18.5 Å². The quantitative estimate of drug-likeness (QED) is 0.725. The summed E-state index contributed by atoms with van der Waals surface area (Å²) < 4.78 is 5.22. The molecule has 0 amide bonds. The van der Waals surface area contributed by atoms with E-state index in [9.17, 15) is 0 Å². The second-order valence-electron chi connectivity index (χ2n) is 4.15. The highest BCUT2D eigenvalue weighted by Gasteiger charge is 2.01. The lowest BCUT2D eigenvalue weighted by atomic mass is 10.2. The number of anilines is 4. The third-order valence-electron chi connectivity index (χ3n) is 2.77. The topological polar surface area (TPSA) is 73.3 Å². The second kappa shape index (κ2) is 4.87. The van der Waals surface area contributed by atoms with Crippen molar-refractivity contribution in [3.8, 4) is 5.75 Å². The summed E-state index contributed by atoms with van der Waals surface area (Å²) in [6, 6.07) is 11.4. The third-order valence-corrected chi connectivity index (χ3v) is 2.77. The Hall–Kier alpha value is -2.36. The largest absolute Gasteiger partial charge is 0.496 e. The van der Waals surface area contributed by atoms with Crippen LogP contribution in [-0.2, 0) is 0 Å². The van der Waals surface area contributed by atoms with E-state index in [1.54, 1.807) is 13.2 Å². The van der Waals surface area contributed by atoms with Gasteiger partial charge in [-0.3, -0.25) is 0 Å². The Balaban J connectivity index is 2.23. The second-order valence-corrected chi connectivity index (χ2v) is 4.15. The SMILES string of the molecule is COc1ccc(Nc2ccc(N)c(N)c2)cc1C. The van der Waals surface area contributed by atoms with Crippen LogP contribution in [0.2, 0.25) is 0 Å². The van der Waals surface area contributed by atoms with Crippen LogP contribution in [0.3, 0.4) is 0 Å². The maximum absolute atomic E-state index is 5.76. The molecule has 4 nitrogen and oxygen atoms in total. The van der Waals surface area contributed by atoms with Crippen LogP contribution in [0.25, 0.3) is 0 Å². The fourth-order valence-electron chi connectivity index (χ4n) is 1.78. The van der Waals surface area contributed by atoms with Gasteiger partial charge in [-0.1, -0.05) is 0 Å². The zero-order valence-corrected chi connectivity index (χ0v) is 10.5. The van der Waals surface area contributed by atoms with Crippen molar-refractivity contribution in [2.75, 3.05) is 23.9 Å². The van der Waals surface area contributed by atoms with E-state index in [0.717, 1.165) is 22.7 Å². The molecule has 5 N–H and O–H groups in total. The van der Waals surface area contributed by atoms with E-state index < -0.39 is 0 Å². The Morgan fingerprint density at radius 2 is 1.61 bits per heavy atom. The molecule has 2 aromatic rings. The molecule has 0 aliphatic carbocycles. The van der Waals surface area contributed by atoms with Crippen molar-refractivity contribution in [2.45, 2.75) is 6.92 Å². The first-order valence-electron chi connectivity index (χ1n) is 5.67. The van der Waals surface area contributed by atoms with Gasteiger partial charge in [0.2, 0.25) is 0 Å². The molecule has 0 aliphatic rings. The molecule has 0 unspecified atom stereocenters. The van der Waals surface area contributed by atoms with Crippen LogP contribution in [0, 0.1) is 6.92 Å². The van der Waals surface area contributed by atoms with Crippen molar-refractivity contribution in [1.82, 2.24) is 0 Å². The van der Waals surface area contributed by atoms with Crippen LogP contribution in [0.4, 0.5) is 22.7 Å². The van der Waals surface area contributed by atoms with Gasteiger partial charge in [0.25, 0.3) is 0 Å². The van der Waals surface area contributed by atoms with Crippen molar-refractivity contribution in [2.24, 2.45) is 0 Å². The molecule has 2 rings (SSSR count). The number of nitrogens with two attached hydrogens (primary N) is 2. The van der Waals surface area contributed by atoms with E-state index >= 15 is 0 Å². The number of ether oxygens (including phenoxy) is 1. The molecular weight excluding hydrogens is 226 g/mol. The van der Waals surface area contributed by atoms with Crippen LogP contribution >= 0.6 is 0 Å². The standard InChI is InChI=1S/C14H17N3O/c1-9-7-10(4-6-14(9)18-2)17-11-3-5-12(15)13(16)8-11/h3-8,17H,15-16H2,1-2H3. The maximum Gasteiger partial charge on any atom is 0.121 e. The summed E-state index contributed by atoms with van der Waals surface area (Å²) in [4.78, 5) is 0. The molecule has 0 heterocycles. The van der Waals surface area contributed by atoms with E-state index in [-0.39, 0.29) is 0 Å². The van der Waals surface area contributed by atoms with Gasteiger partial charge in [0.15, 0.2) is 0 Å². The van der Waals surface area contributed by atoms with Gasteiger partial charge < -0.3 is 21.5 Å². The highest BCUT2D eigenvalue weighted by molar-refractivity contribution is 5.72. The summed E-state index contributed by atoms with van der Waals surface area (Å²) in [6.45, 7) is 2.00. The molecule has 4 heteroatoms. The summed E-state index contributed by atoms with van der Waals surface area (Å²) in [7, 11) is 1.66. The molecule has 0 spiro atoms. The normalized spacial score (nSPS) is 10.1. The molecule has 0 aliphatic heterocycles. The molecule has 0 atom stereocenters. The minimum absolute atomic E-state index is 0.574. The van der Waals surface area contributed by atoms with Crippen LogP contribution in [-0.4, -0.2) is 7.11 Å². The highest BCUT2D eigenvalue weighted by atomic mass is 16.5. The predicted octanol–water partition coefficient (Wildman–Crippen LogP) is 2.91. The fourth-order valence-corrected chi connectivity index (χ4v) is 1.78. The van der Waals surface area contributed by atoms with Crippen molar-refractivity contribution < 1.29 is 4.74 Å². The maximum atomic E-state index is 5.76. The Kier molecular flexibility index (Phi) is 3.28. The lowest BCUT2D eigenvalue weighted by molar-refractivity contribution is 0.412. The molecule has 0 fully saturated rings. The van der Waals surface area contributed by atoms with Crippen LogP contribution in [0.1, 0.15) is 5.56 Å². The molecule has 0 saturated carbocycles. The minimum atomic E-state index is 0.574. The number of rotatable bonds is 3. The predicted molar refractivity (Wildman–Crippen MR) is 76.3 cm³/mol. The van der Waals surface area contributed by atoms with Crippen LogP contribution in [0.5, 0.6) is 5.75 Å². The molecule has 94 valence electrons. The number of hydrogen-bond acceptors (Lipinski definition) is 4.